The van der Waals surface area contributed by atoms with Gasteiger partial charge in [0.2, 0.25) is 0 Å². The van der Waals surface area contributed by atoms with Crippen LogP contribution in [-0.4, -0.2) is 22.9 Å². The molecule has 5 heteroatoms. The fourth-order valence-corrected chi connectivity index (χ4v) is 2.70. The Morgan fingerprint density at radius 3 is 2.74 bits per heavy atom. The van der Waals surface area contributed by atoms with Crippen LogP contribution in [0.25, 0.3) is 0 Å². The van der Waals surface area contributed by atoms with Gasteiger partial charge in [0, 0.05) is 5.56 Å². The molecule has 1 amide bonds. The van der Waals surface area contributed by atoms with Gasteiger partial charge >= 0.3 is 6.09 Å². The molecule has 4 nitrogen and oxygen atoms in total. The second-order valence-electron chi connectivity index (χ2n) is 5.52. The average molecular weight is 326 g/mol. The third-order valence-corrected chi connectivity index (χ3v) is 3.79. The summed E-state index contributed by atoms with van der Waals surface area (Å²) < 4.78 is 5.37. The number of carbonyl (C=O) groups excluding carboxylic acids is 2. The first kappa shape index (κ1) is 14.1. The summed E-state index contributed by atoms with van der Waals surface area (Å²) in [6.45, 7) is 5.99. The molecule has 1 aliphatic rings. The van der Waals surface area contributed by atoms with Crippen LogP contribution < -0.4 is 0 Å². The van der Waals surface area contributed by atoms with E-state index < -0.39 is 5.60 Å². The molecule has 2 rings (SSSR count). The molecule has 1 heterocycles. The molecule has 0 aliphatic carbocycles. The highest BCUT2D eigenvalue weighted by Gasteiger charge is 2.34. The Morgan fingerprint density at radius 2 is 2.16 bits per heavy atom. The maximum absolute atomic E-state index is 12.1. The maximum Gasteiger partial charge on any atom is 0.411 e. The molecule has 0 saturated carbocycles. The molecule has 1 unspecified atom stereocenters. The number of amides is 1. The Labute approximate surface area is 120 Å². The lowest BCUT2D eigenvalue weighted by atomic mass is 10.1. The fourth-order valence-electron chi connectivity index (χ4n) is 1.96. The number of ether oxygens (including phenoxy) is 1. The maximum atomic E-state index is 12.1. The largest absolute Gasteiger partial charge is 0.444 e. The normalized spacial score (nSPS) is 18.1. The number of halogens is 1. The number of hydrogen-bond donors (Lipinski definition) is 0. The Hall–Kier alpha value is -1.36. The monoisotopic (exact) mass is 325 g/mol. The molecule has 0 fully saturated rings. The third-order valence-electron chi connectivity index (χ3n) is 2.80. The van der Waals surface area contributed by atoms with Crippen molar-refractivity contribution in [3.05, 3.63) is 34.9 Å². The van der Waals surface area contributed by atoms with E-state index in [4.69, 9.17) is 4.74 Å². The number of hydrogen-bond acceptors (Lipinski definition) is 3. The molecular weight excluding hydrogens is 310 g/mol. The quantitative estimate of drug-likeness (QED) is 0.450. The van der Waals surface area contributed by atoms with Gasteiger partial charge in [-0.3, -0.25) is 9.69 Å². The number of benzene rings is 1. The van der Waals surface area contributed by atoms with Crippen molar-refractivity contribution in [3.8, 4) is 0 Å². The van der Waals surface area contributed by atoms with Gasteiger partial charge < -0.3 is 4.74 Å². The van der Waals surface area contributed by atoms with Gasteiger partial charge in [0.1, 0.15) is 16.8 Å². The van der Waals surface area contributed by atoms with E-state index in [0.29, 0.717) is 12.1 Å². The van der Waals surface area contributed by atoms with Crippen molar-refractivity contribution in [3.63, 3.8) is 0 Å². The van der Waals surface area contributed by atoms with Crippen LogP contribution in [0.1, 0.15) is 47.2 Å². The fraction of sp³-hybridized carbons (Fsp3) is 0.429. The van der Waals surface area contributed by atoms with Gasteiger partial charge in [-0.05, 0) is 38.0 Å². The molecule has 1 aromatic carbocycles. The van der Waals surface area contributed by atoms with Crippen LogP contribution in [-0.2, 0) is 11.3 Å². The smallest absolute Gasteiger partial charge is 0.411 e. The van der Waals surface area contributed by atoms with Gasteiger partial charge in [0.05, 0.1) is 6.54 Å². The third kappa shape index (κ3) is 2.97. The Morgan fingerprint density at radius 1 is 1.47 bits per heavy atom. The lowest BCUT2D eigenvalue weighted by Crippen LogP contribution is -2.34. The molecule has 19 heavy (non-hydrogen) atoms. The van der Waals surface area contributed by atoms with E-state index in [1.54, 1.807) is 17.0 Å². The minimum Gasteiger partial charge on any atom is -0.444 e. The minimum absolute atomic E-state index is 0.253. The standard InChI is InChI=1S/C14H16BrNO3/c1-14(2,3)19-13(18)16-7-10-5-4-9(8-17)6-11(10)12(16)15/h4-6,8,12H,7H2,1-3H3. The summed E-state index contributed by atoms with van der Waals surface area (Å²) in [7, 11) is 0. The first-order chi connectivity index (χ1) is 8.81. The van der Waals surface area contributed by atoms with Crippen LogP contribution in [0.3, 0.4) is 0 Å². The predicted octanol–water partition coefficient (Wildman–Crippen LogP) is 3.64. The molecule has 1 aromatic rings. The summed E-state index contributed by atoms with van der Waals surface area (Å²) in [5, 5.41) is 0. The molecule has 1 aliphatic heterocycles. The van der Waals surface area contributed by atoms with Gasteiger partial charge in [-0.15, -0.1) is 0 Å². The molecule has 102 valence electrons. The van der Waals surface area contributed by atoms with Crippen LogP contribution in [0, 0.1) is 0 Å². The number of rotatable bonds is 1. The highest BCUT2D eigenvalue weighted by molar-refractivity contribution is 9.09. The van der Waals surface area contributed by atoms with Crippen LogP contribution >= 0.6 is 15.9 Å². The molecule has 0 saturated heterocycles. The summed E-state index contributed by atoms with van der Waals surface area (Å²) in [6.07, 6.45) is 0.439. The Bertz CT molecular complexity index is 522. The highest BCUT2D eigenvalue weighted by Crippen LogP contribution is 2.39. The van der Waals surface area contributed by atoms with Gasteiger partial charge in [-0.1, -0.05) is 28.1 Å². The van der Waals surface area contributed by atoms with Gasteiger partial charge in [-0.2, -0.15) is 0 Å². The lowest BCUT2D eigenvalue weighted by Gasteiger charge is -2.26. The van der Waals surface area contributed by atoms with E-state index in [2.05, 4.69) is 15.9 Å². The summed E-state index contributed by atoms with van der Waals surface area (Å²) >= 11 is 3.48. The number of aldehydes is 1. The zero-order chi connectivity index (χ0) is 14.2. The van der Waals surface area contributed by atoms with E-state index in [1.807, 2.05) is 26.8 Å². The van der Waals surface area contributed by atoms with Crippen molar-refractivity contribution in [1.82, 2.24) is 4.90 Å². The van der Waals surface area contributed by atoms with Crippen LogP contribution in [0.15, 0.2) is 18.2 Å². The molecule has 0 bridgehead atoms. The zero-order valence-electron chi connectivity index (χ0n) is 11.1. The van der Waals surface area contributed by atoms with Gasteiger partial charge in [0.25, 0.3) is 0 Å². The Kier molecular flexibility index (Phi) is 3.67. The van der Waals surface area contributed by atoms with Crippen LogP contribution in [0.4, 0.5) is 4.79 Å². The molecule has 0 N–H and O–H groups in total. The number of alkyl halides is 1. The molecule has 1 atom stereocenters. The SMILES string of the molecule is CC(C)(C)OC(=O)N1Cc2ccc(C=O)cc2C1Br. The van der Waals surface area contributed by atoms with Crippen molar-refractivity contribution >= 4 is 28.3 Å². The van der Waals surface area contributed by atoms with E-state index >= 15 is 0 Å². The number of fused-ring (bicyclic) bond motifs is 1. The summed E-state index contributed by atoms with van der Waals surface area (Å²) in [5.41, 5.74) is 2.05. The second-order valence-corrected chi connectivity index (χ2v) is 6.39. The van der Waals surface area contributed by atoms with Crippen molar-refractivity contribution in [1.29, 1.82) is 0 Å². The summed E-state index contributed by atoms with van der Waals surface area (Å²) in [6, 6.07) is 5.42. The van der Waals surface area contributed by atoms with E-state index in [-0.39, 0.29) is 11.0 Å². The summed E-state index contributed by atoms with van der Waals surface area (Å²) in [5.74, 6) is 0. The second kappa shape index (κ2) is 4.96. The van der Waals surface area contributed by atoms with Crippen molar-refractivity contribution < 1.29 is 14.3 Å². The predicted molar refractivity (Wildman–Crippen MR) is 75.3 cm³/mol. The summed E-state index contributed by atoms with van der Waals surface area (Å²) in [4.78, 5) is 24.2. The average Bonchev–Trinajstić information content (AvgIpc) is 2.64. The molecule has 0 radical (unpaired) electrons. The topological polar surface area (TPSA) is 46.6 Å². The molecular formula is C14H16BrNO3. The minimum atomic E-state index is -0.521. The van der Waals surface area contributed by atoms with E-state index in [9.17, 15) is 9.59 Å². The lowest BCUT2D eigenvalue weighted by molar-refractivity contribution is 0.0239. The van der Waals surface area contributed by atoms with E-state index in [0.717, 1.165) is 17.4 Å². The van der Waals surface area contributed by atoms with Gasteiger partial charge in [0.15, 0.2) is 0 Å². The Balaban J connectivity index is 2.21. The van der Waals surface area contributed by atoms with Crippen LogP contribution in [0.5, 0.6) is 0 Å². The van der Waals surface area contributed by atoms with Gasteiger partial charge in [-0.25, -0.2) is 4.79 Å². The first-order valence-corrected chi connectivity index (χ1v) is 6.95. The highest BCUT2D eigenvalue weighted by atomic mass is 79.9. The molecule has 0 aromatic heterocycles. The number of carbonyl (C=O) groups is 2. The molecule has 0 spiro atoms. The number of nitrogens with zero attached hydrogens (tertiary/aromatic N) is 1. The van der Waals surface area contributed by atoms with Crippen molar-refractivity contribution in [2.75, 3.05) is 0 Å². The van der Waals surface area contributed by atoms with E-state index in [1.165, 1.54) is 0 Å². The van der Waals surface area contributed by atoms with Crippen LogP contribution in [0.2, 0.25) is 0 Å². The van der Waals surface area contributed by atoms with Crippen molar-refractivity contribution in [2.45, 2.75) is 37.9 Å². The van der Waals surface area contributed by atoms with Crippen molar-refractivity contribution in [2.24, 2.45) is 0 Å². The zero-order valence-corrected chi connectivity index (χ0v) is 12.7. The first-order valence-electron chi connectivity index (χ1n) is 6.03.